The Morgan fingerprint density at radius 2 is 1.79 bits per heavy atom. The topological polar surface area (TPSA) is 7.68 Å². The van der Waals surface area contributed by atoms with Crippen LogP contribution in [-0.2, 0) is 6.54 Å². The highest BCUT2D eigenvalue weighted by atomic mass is 15.2. The summed E-state index contributed by atoms with van der Waals surface area (Å²) in [7, 11) is 4.03. The van der Waals surface area contributed by atoms with Gasteiger partial charge in [-0.15, -0.1) is 0 Å². The second-order valence-electron chi connectivity index (χ2n) is 4.01. The van der Waals surface area contributed by atoms with E-state index in [1.165, 1.54) is 36.6 Å². The normalized spacial score (nSPS) is 19.8. The molecule has 14 heavy (non-hydrogen) atoms. The molecular weight excluding hydrogens is 172 g/mol. The van der Waals surface area contributed by atoms with Gasteiger partial charge in [0, 0.05) is 19.6 Å². The molecule has 2 nitrogen and oxygen atoms in total. The monoisotopic (exact) mass is 190 g/mol. The fraction of sp³-hybridized carbons (Fsp3) is 0.417. The van der Waals surface area contributed by atoms with E-state index in [0.717, 1.165) is 6.54 Å². The van der Waals surface area contributed by atoms with Gasteiger partial charge < -0.3 is 4.90 Å². The Morgan fingerprint density at radius 3 is 2.43 bits per heavy atom. The number of hydrogen-bond donors (Lipinski definition) is 1. The molecule has 1 aliphatic heterocycles. The van der Waals surface area contributed by atoms with Crippen LogP contribution in [0.25, 0.3) is 0 Å². The summed E-state index contributed by atoms with van der Waals surface area (Å²) >= 11 is 0. The molecule has 1 N–H and O–H groups in total. The van der Waals surface area contributed by atoms with Crippen molar-refractivity contribution in [3.63, 3.8) is 0 Å². The van der Waals surface area contributed by atoms with Gasteiger partial charge in [-0.25, -0.2) is 0 Å². The van der Waals surface area contributed by atoms with Crippen molar-refractivity contribution in [3.05, 3.63) is 42.9 Å². The highest BCUT2D eigenvalue weighted by molar-refractivity contribution is 5.14. The van der Waals surface area contributed by atoms with Crippen LogP contribution in [0.1, 0.15) is 5.56 Å². The lowest BCUT2D eigenvalue weighted by molar-refractivity contribution is -0.858. The molecule has 1 aromatic carbocycles. The first-order valence-electron chi connectivity index (χ1n) is 5.27. The minimum Gasteiger partial charge on any atom is -0.466 e. The van der Waals surface area contributed by atoms with Crippen molar-refractivity contribution in [2.24, 2.45) is 0 Å². The van der Waals surface area contributed by atoms with Crippen molar-refractivity contribution in [3.8, 4) is 0 Å². The fourth-order valence-corrected chi connectivity index (χ4v) is 1.87. The molecule has 0 spiro atoms. The van der Waals surface area contributed by atoms with Crippen LogP contribution in [0.5, 0.6) is 0 Å². The number of rotatable bonds is 2. The minimum absolute atomic E-state index is 1.09. The highest BCUT2D eigenvalue weighted by Gasteiger charge is 2.13. The van der Waals surface area contributed by atoms with E-state index in [2.05, 4.69) is 42.3 Å². The summed E-state index contributed by atoms with van der Waals surface area (Å²) < 4.78 is 0. The van der Waals surface area contributed by atoms with Crippen molar-refractivity contribution in [2.45, 2.75) is 6.54 Å². The molecule has 1 fully saturated rings. The summed E-state index contributed by atoms with van der Waals surface area (Å²) in [6.45, 7) is 5.79. The van der Waals surface area contributed by atoms with Crippen LogP contribution in [0.15, 0.2) is 30.3 Å². The highest BCUT2D eigenvalue weighted by Crippen LogP contribution is 2.03. The average molecular weight is 190 g/mol. The number of quaternary nitrogens is 1. The number of piperazine rings is 1. The molecule has 1 aliphatic rings. The van der Waals surface area contributed by atoms with E-state index in [0.29, 0.717) is 0 Å². The summed E-state index contributed by atoms with van der Waals surface area (Å²) in [5.74, 6) is 0. The zero-order chi connectivity index (χ0) is 9.80. The Balaban J connectivity index is 1.87. The standard InChI is InChI=1S/C12H18N2/c1-13-7-9-14(10-8-13)11-12-5-3-2-4-6-12/h2-6,13H,1,7-11H2. The summed E-state index contributed by atoms with van der Waals surface area (Å²) in [6.07, 6.45) is 0. The predicted molar refractivity (Wildman–Crippen MR) is 57.8 cm³/mol. The van der Waals surface area contributed by atoms with Gasteiger partial charge in [0.1, 0.15) is 0 Å². The maximum absolute atomic E-state index is 4.03. The molecular formula is C12H18N2. The van der Waals surface area contributed by atoms with E-state index in [4.69, 9.17) is 0 Å². The number of hydrogen-bond acceptors (Lipinski definition) is 1. The van der Waals surface area contributed by atoms with Gasteiger partial charge in [-0.05, 0) is 5.56 Å². The quantitative estimate of drug-likeness (QED) is 0.654. The van der Waals surface area contributed by atoms with Crippen molar-refractivity contribution in [1.29, 1.82) is 0 Å². The molecule has 0 bridgehead atoms. The van der Waals surface area contributed by atoms with Gasteiger partial charge in [-0.2, -0.15) is 7.05 Å². The summed E-state index contributed by atoms with van der Waals surface area (Å²) in [4.78, 5) is 3.92. The molecule has 0 unspecified atom stereocenters. The average Bonchev–Trinajstić information content (AvgIpc) is 2.23. The fourth-order valence-electron chi connectivity index (χ4n) is 1.87. The van der Waals surface area contributed by atoms with Crippen molar-refractivity contribution in [1.82, 2.24) is 4.90 Å². The van der Waals surface area contributed by atoms with Crippen LogP contribution in [0.2, 0.25) is 0 Å². The van der Waals surface area contributed by atoms with E-state index in [1.807, 2.05) is 0 Å². The smallest absolute Gasteiger partial charge is 0.0660 e. The van der Waals surface area contributed by atoms with E-state index in [-0.39, 0.29) is 0 Å². The first-order valence-corrected chi connectivity index (χ1v) is 5.27. The Morgan fingerprint density at radius 1 is 1.14 bits per heavy atom. The molecule has 0 radical (unpaired) electrons. The molecule has 0 aromatic heterocycles. The van der Waals surface area contributed by atoms with Gasteiger partial charge in [-0.1, -0.05) is 30.3 Å². The van der Waals surface area contributed by atoms with Crippen LogP contribution in [0.4, 0.5) is 0 Å². The lowest BCUT2D eigenvalue weighted by atomic mass is 10.2. The van der Waals surface area contributed by atoms with Gasteiger partial charge in [0.2, 0.25) is 0 Å². The molecule has 76 valence electrons. The van der Waals surface area contributed by atoms with Gasteiger partial charge in [0.25, 0.3) is 0 Å². The Labute approximate surface area is 86.1 Å². The van der Waals surface area contributed by atoms with Gasteiger partial charge >= 0.3 is 0 Å². The maximum Gasteiger partial charge on any atom is 0.0660 e. The van der Waals surface area contributed by atoms with E-state index in [1.54, 1.807) is 0 Å². The first-order chi connectivity index (χ1) is 6.84. The summed E-state index contributed by atoms with van der Waals surface area (Å²) in [5.41, 5.74) is 1.42. The third kappa shape index (κ3) is 2.56. The molecule has 0 saturated carbocycles. The first kappa shape index (κ1) is 9.69. The van der Waals surface area contributed by atoms with Crippen molar-refractivity contribution in [2.75, 3.05) is 26.2 Å². The zero-order valence-corrected chi connectivity index (χ0v) is 8.58. The van der Waals surface area contributed by atoms with Crippen molar-refractivity contribution < 1.29 is 4.90 Å². The van der Waals surface area contributed by atoms with Crippen molar-refractivity contribution >= 4 is 0 Å². The predicted octanol–water partition coefficient (Wildman–Crippen LogP) is 0.179. The Kier molecular flexibility index (Phi) is 3.17. The Bertz CT molecular complexity index is 263. The van der Waals surface area contributed by atoms with Gasteiger partial charge in [0.15, 0.2) is 0 Å². The van der Waals surface area contributed by atoms with Crippen LogP contribution in [0.3, 0.4) is 0 Å². The van der Waals surface area contributed by atoms with E-state index < -0.39 is 0 Å². The van der Waals surface area contributed by atoms with Crippen LogP contribution < -0.4 is 4.90 Å². The second-order valence-corrected chi connectivity index (χ2v) is 4.01. The number of nitrogens with zero attached hydrogens (tertiary/aromatic N) is 1. The lowest BCUT2D eigenvalue weighted by Gasteiger charge is -2.33. The summed E-state index contributed by atoms with van der Waals surface area (Å²) in [6, 6.07) is 10.7. The van der Waals surface area contributed by atoms with E-state index in [9.17, 15) is 0 Å². The van der Waals surface area contributed by atoms with Gasteiger partial charge in [0.05, 0.1) is 13.1 Å². The van der Waals surface area contributed by atoms with Gasteiger partial charge in [-0.3, -0.25) is 4.90 Å². The molecule has 0 aliphatic carbocycles. The molecule has 1 saturated heterocycles. The van der Waals surface area contributed by atoms with Crippen LogP contribution in [-0.4, -0.2) is 31.1 Å². The lowest BCUT2D eigenvalue weighted by Crippen LogP contribution is -3.09. The molecule has 2 rings (SSSR count). The van der Waals surface area contributed by atoms with E-state index >= 15 is 0 Å². The number of nitrogens with one attached hydrogen (secondary N) is 1. The SMILES string of the molecule is [CH2-][NH+]1CCN(Cc2ccccc2)CC1. The molecule has 1 aromatic rings. The number of benzene rings is 1. The Hall–Kier alpha value is -0.860. The maximum atomic E-state index is 4.03. The second kappa shape index (κ2) is 4.58. The molecule has 2 heteroatoms. The third-order valence-corrected chi connectivity index (χ3v) is 2.81. The zero-order valence-electron chi connectivity index (χ0n) is 8.58. The molecule has 1 heterocycles. The van der Waals surface area contributed by atoms with Crippen LogP contribution in [0, 0.1) is 7.05 Å². The minimum atomic E-state index is 1.09. The summed E-state index contributed by atoms with van der Waals surface area (Å²) in [5, 5.41) is 0. The van der Waals surface area contributed by atoms with Crippen LogP contribution >= 0.6 is 0 Å². The third-order valence-electron chi connectivity index (χ3n) is 2.81. The molecule has 0 atom stereocenters. The molecule has 0 amide bonds. The largest absolute Gasteiger partial charge is 0.466 e.